The van der Waals surface area contributed by atoms with Gasteiger partial charge in [0, 0.05) is 0 Å². The lowest BCUT2D eigenvalue weighted by atomic mass is 10.5. The van der Waals surface area contributed by atoms with Crippen LogP contribution in [0, 0.1) is 5.95 Å². The van der Waals surface area contributed by atoms with Crippen molar-refractivity contribution in [3.8, 4) is 0 Å². The number of hydrogen-bond donors (Lipinski definition) is 1. The minimum Gasteiger partial charge on any atom is -0.263 e. The van der Waals surface area contributed by atoms with Gasteiger partial charge in [0.1, 0.15) is 16.5 Å². The number of aromatic nitrogens is 1. The lowest BCUT2D eigenvalue weighted by molar-refractivity contribution is 0.584. The van der Waals surface area contributed by atoms with Crippen LogP contribution in [0.25, 0.3) is 0 Å². The van der Waals surface area contributed by atoms with E-state index in [-0.39, 0.29) is 5.82 Å². The van der Waals surface area contributed by atoms with Gasteiger partial charge in [0.05, 0.1) is 0 Å². The van der Waals surface area contributed by atoms with Crippen molar-refractivity contribution in [2.75, 3.05) is 4.72 Å². The van der Waals surface area contributed by atoms with Crippen LogP contribution in [0.15, 0.2) is 41.6 Å². The third-order valence-corrected chi connectivity index (χ3v) is 3.12. The van der Waals surface area contributed by atoms with Crippen LogP contribution >= 0.6 is 0 Å². The second kappa shape index (κ2) is 5.05. The van der Waals surface area contributed by atoms with Gasteiger partial charge < -0.3 is 0 Å². The van der Waals surface area contributed by atoms with Crippen LogP contribution in [0.1, 0.15) is 6.92 Å². The van der Waals surface area contributed by atoms with E-state index in [2.05, 4.69) is 11.6 Å². The molecule has 0 aromatic carbocycles. The Labute approximate surface area is 97.7 Å². The molecule has 0 bridgehead atoms. The Morgan fingerprint density at radius 3 is 2.71 bits per heavy atom. The lowest BCUT2D eigenvalue weighted by Crippen LogP contribution is -2.15. The highest BCUT2D eigenvalue weighted by Crippen LogP contribution is 2.18. The van der Waals surface area contributed by atoms with E-state index in [1.807, 2.05) is 4.72 Å². The molecule has 1 heterocycles. The SMILES string of the molecule is C=C(/C(F)=C\C)S(=O)(=O)Nc1cccc(F)n1. The van der Waals surface area contributed by atoms with Crippen LogP contribution in [0.3, 0.4) is 0 Å². The van der Waals surface area contributed by atoms with E-state index >= 15 is 0 Å². The van der Waals surface area contributed by atoms with E-state index in [1.54, 1.807) is 0 Å². The fourth-order valence-corrected chi connectivity index (χ4v) is 1.84. The van der Waals surface area contributed by atoms with Gasteiger partial charge in [-0.05, 0) is 19.1 Å². The maximum absolute atomic E-state index is 13.1. The Balaban J connectivity index is 2.99. The molecule has 0 saturated carbocycles. The number of allylic oxidation sites excluding steroid dienone is 2. The zero-order chi connectivity index (χ0) is 13.1. The maximum atomic E-state index is 13.1. The van der Waals surface area contributed by atoms with E-state index in [1.165, 1.54) is 19.1 Å². The lowest BCUT2D eigenvalue weighted by Gasteiger charge is -2.07. The molecule has 0 aliphatic heterocycles. The molecule has 17 heavy (non-hydrogen) atoms. The first-order chi connectivity index (χ1) is 7.86. The Hall–Kier alpha value is -1.76. The normalized spacial score (nSPS) is 12.3. The molecule has 0 aliphatic carbocycles. The molecule has 0 amide bonds. The number of nitrogens with zero attached hydrogens (tertiary/aromatic N) is 1. The molecule has 0 saturated heterocycles. The zero-order valence-corrected chi connectivity index (χ0v) is 9.76. The van der Waals surface area contributed by atoms with Crippen LogP contribution in [0.5, 0.6) is 0 Å². The van der Waals surface area contributed by atoms with Gasteiger partial charge in [-0.15, -0.1) is 0 Å². The van der Waals surface area contributed by atoms with Gasteiger partial charge in [0.2, 0.25) is 5.95 Å². The molecule has 92 valence electrons. The highest BCUT2D eigenvalue weighted by atomic mass is 32.2. The summed E-state index contributed by atoms with van der Waals surface area (Å²) in [5.74, 6) is -2.06. The molecule has 1 aromatic heterocycles. The second-order valence-corrected chi connectivity index (χ2v) is 4.71. The van der Waals surface area contributed by atoms with E-state index in [0.717, 1.165) is 12.1 Å². The van der Waals surface area contributed by atoms with Crippen LogP contribution in [-0.2, 0) is 10.0 Å². The largest absolute Gasteiger partial charge is 0.265 e. The number of pyridine rings is 1. The van der Waals surface area contributed by atoms with Crippen molar-refractivity contribution in [1.82, 2.24) is 4.98 Å². The van der Waals surface area contributed by atoms with Gasteiger partial charge in [0.15, 0.2) is 0 Å². The number of anilines is 1. The zero-order valence-electron chi connectivity index (χ0n) is 8.94. The first kappa shape index (κ1) is 13.3. The Bertz CT molecular complexity index is 567. The fourth-order valence-electron chi connectivity index (χ4n) is 0.954. The minimum atomic E-state index is -4.16. The molecule has 1 rings (SSSR count). The molecule has 4 nitrogen and oxygen atoms in total. The van der Waals surface area contributed by atoms with Crippen LogP contribution in [-0.4, -0.2) is 13.4 Å². The molecule has 1 N–H and O–H groups in total. The van der Waals surface area contributed by atoms with Crippen LogP contribution in [0.2, 0.25) is 0 Å². The quantitative estimate of drug-likeness (QED) is 0.667. The first-order valence-electron chi connectivity index (χ1n) is 4.53. The summed E-state index contributed by atoms with van der Waals surface area (Å²) in [7, 11) is -4.16. The Morgan fingerprint density at radius 1 is 1.53 bits per heavy atom. The van der Waals surface area contributed by atoms with E-state index in [4.69, 9.17) is 0 Å². The van der Waals surface area contributed by atoms with Crippen molar-refractivity contribution >= 4 is 15.8 Å². The van der Waals surface area contributed by atoms with Crippen molar-refractivity contribution in [3.05, 3.63) is 47.5 Å². The van der Waals surface area contributed by atoms with Gasteiger partial charge in [-0.2, -0.15) is 4.39 Å². The minimum absolute atomic E-state index is 0.241. The van der Waals surface area contributed by atoms with Crippen LogP contribution in [0.4, 0.5) is 14.6 Å². The monoisotopic (exact) mass is 260 g/mol. The fraction of sp³-hybridized carbons (Fsp3) is 0.100. The smallest absolute Gasteiger partial charge is 0.263 e. The van der Waals surface area contributed by atoms with Gasteiger partial charge in [-0.1, -0.05) is 18.7 Å². The predicted molar refractivity (Wildman–Crippen MR) is 60.7 cm³/mol. The number of nitrogens with one attached hydrogen (secondary N) is 1. The topological polar surface area (TPSA) is 59.1 Å². The van der Waals surface area contributed by atoms with Crippen molar-refractivity contribution in [1.29, 1.82) is 0 Å². The van der Waals surface area contributed by atoms with E-state index < -0.39 is 26.7 Å². The third-order valence-electron chi connectivity index (χ3n) is 1.80. The number of sulfonamides is 1. The van der Waals surface area contributed by atoms with Gasteiger partial charge in [-0.3, -0.25) is 4.72 Å². The van der Waals surface area contributed by atoms with Gasteiger partial charge in [-0.25, -0.2) is 17.8 Å². The van der Waals surface area contributed by atoms with Crippen molar-refractivity contribution in [3.63, 3.8) is 0 Å². The summed E-state index contributed by atoms with van der Waals surface area (Å²) in [5.41, 5.74) is 0. The average Bonchev–Trinajstić information content (AvgIpc) is 2.26. The molecular formula is C10H10F2N2O2S. The Kier molecular flexibility index (Phi) is 3.95. The summed E-state index contributed by atoms with van der Waals surface area (Å²) < 4.78 is 50.8. The van der Waals surface area contributed by atoms with E-state index in [9.17, 15) is 17.2 Å². The maximum Gasteiger partial charge on any atom is 0.265 e. The molecule has 0 aliphatic rings. The number of halogens is 2. The number of hydrogen-bond acceptors (Lipinski definition) is 3. The average molecular weight is 260 g/mol. The second-order valence-electron chi connectivity index (χ2n) is 3.01. The van der Waals surface area contributed by atoms with Gasteiger partial charge >= 0.3 is 0 Å². The molecule has 0 spiro atoms. The molecule has 7 heteroatoms. The van der Waals surface area contributed by atoms with Crippen molar-refractivity contribution in [2.24, 2.45) is 0 Å². The molecular weight excluding hydrogens is 250 g/mol. The molecule has 0 radical (unpaired) electrons. The van der Waals surface area contributed by atoms with Crippen molar-refractivity contribution in [2.45, 2.75) is 6.92 Å². The third kappa shape index (κ3) is 3.35. The highest BCUT2D eigenvalue weighted by Gasteiger charge is 2.19. The van der Waals surface area contributed by atoms with Crippen LogP contribution < -0.4 is 4.72 Å². The van der Waals surface area contributed by atoms with E-state index in [0.29, 0.717) is 0 Å². The predicted octanol–water partition coefficient (Wildman–Crippen LogP) is 2.35. The van der Waals surface area contributed by atoms with Crippen molar-refractivity contribution < 1.29 is 17.2 Å². The highest BCUT2D eigenvalue weighted by molar-refractivity contribution is 7.96. The summed E-state index contributed by atoms with van der Waals surface area (Å²) in [6.45, 7) is 4.43. The molecule has 0 fully saturated rings. The standard InChI is InChI=1S/C10H10F2N2O2S/c1-3-8(11)7(2)17(15,16)14-10-6-4-5-9(12)13-10/h3-6H,2H2,1H3,(H,13,14)/b8-3+. The summed E-state index contributed by atoms with van der Waals surface area (Å²) >= 11 is 0. The molecule has 0 atom stereocenters. The Morgan fingerprint density at radius 2 is 2.18 bits per heavy atom. The summed E-state index contributed by atoms with van der Waals surface area (Å²) in [4.78, 5) is 2.56. The summed E-state index contributed by atoms with van der Waals surface area (Å²) in [6.07, 6.45) is 0.959. The summed E-state index contributed by atoms with van der Waals surface area (Å²) in [6, 6.07) is 3.57. The molecule has 1 aromatic rings. The van der Waals surface area contributed by atoms with Gasteiger partial charge in [0.25, 0.3) is 10.0 Å². The number of rotatable bonds is 4. The summed E-state index contributed by atoms with van der Waals surface area (Å²) in [5, 5.41) is 0. The first-order valence-corrected chi connectivity index (χ1v) is 6.01. The molecule has 0 unspecified atom stereocenters.